The largest absolute Gasteiger partial charge is 0.507 e. The van der Waals surface area contributed by atoms with Crippen molar-refractivity contribution in [3.05, 3.63) is 29.8 Å². The van der Waals surface area contributed by atoms with Crippen molar-refractivity contribution in [2.45, 2.75) is 26.2 Å². The van der Waals surface area contributed by atoms with Crippen LogP contribution >= 0.6 is 0 Å². The van der Waals surface area contributed by atoms with E-state index in [9.17, 15) is 5.11 Å². The maximum atomic E-state index is 10.5. The van der Waals surface area contributed by atoms with Gasteiger partial charge in [-0.15, -0.1) is 0 Å². The Morgan fingerprint density at radius 3 is 2.32 bits per heavy atom. The quantitative estimate of drug-likeness (QED) is 0.886. The SMILES string of the molecule is CCCCc1ccc2c(OC)ccc(OC)c2c1O. The molecule has 2 aromatic rings. The van der Waals surface area contributed by atoms with Crippen LogP contribution in [0.2, 0.25) is 0 Å². The smallest absolute Gasteiger partial charge is 0.130 e. The van der Waals surface area contributed by atoms with Crippen molar-refractivity contribution in [1.82, 2.24) is 0 Å². The van der Waals surface area contributed by atoms with Crippen molar-refractivity contribution in [3.63, 3.8) is 0 Å². The summed E-state index contributed by atoms with van der Waals surface area (Å²) in [6, 6.07) is 7.63. The fourth-order valence-electron chi connectivity index (χ4n) is 2.33. The third-order valence-electron chi connectivity index (χ3n) is 3.40. The maximum absolute atomic E-state index is 10.5. The summed E-state index contributed by atoms with van der Waals surface area (Å²) in [5, 5.41) is 12.1. The van der Waals surface area contributed by atoms with Crippen LogP contribution in [0.3, 0.4) is 0 Å². The first kappa shape index (κ1) is 13.5. The summed E-state index contributed by atoms with van der Waals surface area (Å²) in [4.78, 5) is 0. The number of phenolic OH excluding ortho intramolecular Hbond substituents is 1. The van der Waals surface area contributed by atoms with Crippen molar-refractivity contribution in [1.29, 1.82) is 0 Å². The molecule has 3 nitrogen and oxygen atoms in total. The molecule has 0 amide bonds. The van der Waals surface area contributed by atoms with E-state index in [1.54, 1.807) is 14.2 Å². The standard InChI is InChI=1S/C16H20O3/c1-4-5-6-11-7-8-12-13(18-2)9-10-14(19-3)15(12)16(11)17/h7-10,17H,4-6H2,1-3H3. The van der Waals surface area contributed by atoms with Gasteiger partial charge in [0.15, 0.2) is 0 Å². The summed E-state index contributed by atoms with van der Waals surface area (Å²) < 4.78 is 10.7. The molecule has 102 valence electrons. The number of aromatic hydroxyl groups is 1. The zero-order valence-electron chi connectivity index (χ0n) is 11.7. The minimum absolute atomic E-state index is 0.307. The molecule has 0 fully saturated rings. The number of hydrogen-bond acceptors (Lipinski definition) is 3. The van der Waals surface area contributed by atoms with Crippen molar-refractivity contribution in [3.8, 4) is 17.2 Å². The number of ether oxygens (including phenoxy) is 2. The average Bonchev–Trinajstić information content (AvgIpc) is 2.45. The molecule has 0 saturated heterocycles. The number of methoxy groups -OCH3 is 2. The topological polar surface area (TPSA) is 38.7 Å². The Labute approximate surface area is 113 Å². The van der Waals surface area contributed by atoms with Gasteiger partial charge in [-0.05, 0) is 36.6 Å². The number of hydrogen-bond donors (Lipinski definition) is 1. The third kappa shape index (κ3) is 2.46. The summed E-state index contributed by atoms with van der Waals surface area (Å²) >= 11 is 0. The molecule has 0 saturated carbocycles. The van der Waals surface area contributed by atoms with Gasteiger partial charge in [-0.3, -0.25) is 0 Å². The highest BCUT2D eigenvalue weighted by atomic mass is 16.5. The van der Waals surface area contributed by atoms with E-state index in [0.29, 0.717) is 11.5 Å². The van der Waals surface area contributed by atoms with Gasteiger partial charge in [0.2, 0.25) is 0 Å². The fourth-order valence-corrected chi connectivity index (χ4v) is 2.33. The second kappa shape index (κ2) is 5.83. The van der Waals surface area contributed by atoms with E-state index < -0.39 is 0 Å². The first-order chi connectivity index (χ1) is 9.22. The van der Waals surface area contributed by atoms with Gasteiger partial charge in [-0.1, -0.05) is 19.4 Å². The van der Waals surface area contributed by atoms with Gasteiger partial charge >= 0.3 is 0 Å². The Kier molecular flexibility index (Phi) is 4.15. The molecule has 0 unspecified atom stereocenters. The molecular formula is C16H20O3. The van der Waals surface area contributed by atoms with Gasteiger partial charge in [-0.2, -0.15) is 0 Å². The van der Waals surface area contributed by atoms with E-state index >= 15 is 0 Å². The Morgan fingerprint density at radius 2 is 1.68 bits per heavy atom. The Balaban J connectivity index is 2.65. The third-order valence-corrected chi connectivity index (χ3v) is 3.40. The molecule has 0 aliphatic rings. The average molecular weight is 260 g/mol. The monoisotopic (exact) mass is 260 g/mol. The zero-order chi connectivity index (χ0) is 13.8. The van der Waals surface area contributed by atoms with Gasteiger partial charge in [0.25, 0.3) is 0 Å². The summed E-state index contributed by atoms with van der Waals surface area (Å²) in [6.07, 6.45) is 3.04. The van der Waals surface area contributed by atoms with Crippen molar-refractivity contribution in [2.75, 3.05) is 14.2 Å². The van der Waals surface area contributed by atoms with Gasteiger partial charge in [0, 0.05) is 5.39 Å². The molecule has 19 heavy (non-hydrogen) atoms. The van der Waals surface area contributed by atoms with E-state index in [-0.39, 0.29) is 0 Å². The molecule has 0 aromatic heterocycles. The van der Waals surface area contributed by atoms with Crippen molar-refractivity contribution < 1.29 is 14.6 Å². The van der Waals surface area contributed by atoms with Crippen LogP contribution < -0.4 is 9.47 Å². The van der Waals surface area contributed by atoms with Crippen molar-refractivity contribution >= 4 is 10.8 Å². The number of unbranched alkanes of at least 4 members (excludes halogenated alkanes) is 1. The molecule has 0 spiro atoms. The Hall–Kier alpha value is -1.90. The molecule has 2 rings (SSSR count). The molecule has 0 aliphatic heterocycles. The van der Waals surface area contributed by atoms with Crippen LogP contribution in [0, 0.1) is 0 Å². The van der Waals surface area contributed by atoms with Crippen LogP contribution in [0.4, 0.5) is 0 Å². The summed E-state index contributed by atoms with van der Waals surface area (Å²) in [5.74, 6) is 1.72. The second-order valence-electron chi connectivity index (χ2n) is 4.57. The minimum atomic E-state index is 0.307. The second-order valence-corrected chi connectivity index (χ2v) is 4.57. The molecule has 1 N–H and O–H groups in total. The highest BCUT2D eigenvalue weighted by molar-refractivity contribution is 5.98. The van der Waals surface area contributed by atoms with E-state index in [2.05, 4.69) is 6.92 Å². The molecule has 2 aromatic carbocycles. The first-order valence-corrected chi connectivity index (χ1v) is 6.58. The fraction of sp³-hybridized carbons (Fsp3) is 0.375. The van der Waals surface area contributed by atoms with Gasteiger partial charge in [0.05, 0.1) is 19.6 Å². The summed E-state index contributed by atoms with van der Waals surface area (Å²) in [7, 11) is 3.24. The summed E-state index contributed by atoms with van der Waals surface area (Å²) in [6.45, 7) is 2.14. The van der Waals surface area contributed by atoms with Crippen LogP contribution in [0.5, 0.6) is 17.2 Å². The lowest BCUT2D eigenvalue weighted by Crippen LogP contribution is -1.93. The molecule has 0 aliphatic carbocycles. The van der Waals surface area contributed by atoms with Crippen LogP contribution in [0.1, 0.15) is 25.3 Å². The number of aryl methyl sites for hydroxylation is 1. The van der Waals surface area contributed by atoms with Gasteiger partial charge in [-0.25, -0.2) is 0 Å². The van der Waals surface area contributed by atoms with E-state index in [0.717, 1.165) is 41.3 Å². The Morgan fingerprint density at radius 1 is 1.00 bits per heavy atom. The van der Waals surface area contributed by atoms with Crippen LogP contribution in [-0.2, 0) is 6.42 Å². The normalized spacial score (nSPS) is 10.7. The molecule has 0 radical (unpaired) electrons. The molecule has 3 heteroatoms. The summed E-state index contributed by atoms with van der Waals surface area (Å²) in [5.41, 5.74) is 0.959. The van der Waals surface area contributed by atoms with Crippen molar-refractivity contribution in [2.24, 2.45) is 0 Å². The van der Waals surface area contributed by atoms with E-state index in [1.165, 1.54) is 0 Å². The molecule has 0 heterocycles. The lowest BCUT2D eigenvalue weighted by molar-refractivity contribution is 0.407. The van der Waals surface area contributed by atoms with E-state index in [4.69, 9.17) is 9.47 Å². The highest BCUT2D eigenvalue weighted by Crippen LogP contribution is 2.40. The van der Waals surface area contributed by atoms with Crippen LogP contribution in [0.15, 0.2) is 24.3 Å². The lowest BCUT2D eigenvalue weighted by Gasteiger charge is -2.13. The molecule has 0 bridgehead atoms. The highest BCUT2D eigenvalue weighted by Gasteiger charge is 2.14. The zero-order valence-corrected chi connectivity index (χ0v) is 11.7. The predicted molar refractivity (Wildman–Crippen MR) is 77.3 cm³/mol. The van der Waals surface area contributed by atoms with E-state index in [1.807, 2.05) is 24.3 Å². The van der Waals surface area contributed by atoms with Gasteiger partial charge in [0.1, 0.15) is 17.2 Å². The first-order valence-electron chi connectivity index (χ1n) is 6.58. The Bertz CT molecular complexity index is 576. The molecular weight excluding hydrogens is 240 g/mol. The predicted octanol–water partition coefficient (Wildman–Crippen LogP) is 3.91. The van der Waals surface area contributed by atoms with Gasteiger partial charge < -0.3 is 14.6 Å². The number of phenols is 1. The number of rotatable bonds is 5. The molecule has 0 atom stereocenters. The number of fused-ring (bicyclic) bond motifs is 1. The number of benzene rings is 2. The lowest BCUT2D eigenvalue weighted by atomic mass is 10.00. The maximum Gasteiger partial charge on any atom is 0.130 e. The minimum Gasteiger partial charge on any atom is -0.507 e. The van der Waals surface area contributed by atoms with Crippen LogP contribution in [0.25, 0.3) is 10.8 Å². The van der Waals surface area contributed by atoms with Crippen LogP contribution in [-0.4, -0.2) is 19.3 Å².